The molecule has 3 N–H and O–H groups in total. The fourth-order valence-corrected chi connectivity index (χ4v) is 2.09. The molecule has 0 aromatic carbocycles. The van der Waals surface area contributed by atoms with Crippen LogP contribution < -0.4 is 16.0 Å². The van der Waals surface area contributed by atoms with Crippen molar-refractivity contribution in [1.82, 2.24) is 10.3 Å². The second-order valence-corrected chi connectivity index (χ2v) is 5.24. The quantitative estimate of drug-likeness (QED) is 0.628. The summed E-state index contributed by atoms with van der Waals surface area (Å²) in [6.45, 7) is 7.98. The van der Waals surface area contributed by atoms with Gasteiger partial charge in [-0.3, -0.25) is 0 Å². The summed E-state index contributed by atoms with van der Waals surface area (Å²) in [4.78, 5) is 11.2. The van der Waals surface area contributed by atoms with Crippen LogP contribution in [0.2, 0.25) is 0 Å². The number of ether oxygens (including phenoxy) is 1. The minimum Gasteiger partial charge on any atom is -0.378 e. The lowest BCUT2D eigenvalue weighted by Crippen LogP contribution is -2.38. The minimum atomic E-state index is 0.335. The zero-order chi connectivity index (χ0) is 15.1. The molecule has 0 spiro atoms. The van der Waals surface area contributed by atoms with Crippen molar-refractivity contribution in [3.05, 3.63) is 23.9 Å². The number of aliphatic imine (C=N–C) groups is 1. The van der Waals surface area contributed by atoms with Crippen LogP contribution in [0.1, 0.15) is 26.0 Å². The summed E-state index contributed by atoms with van der Waals surface area (Å²) >= 11 is 0. The molecular formula is C15H25N5O. The zero-order valence-electron chi connectivity index (χ0n) is 12.9. The Morgan fingerprint density at radius 2 is 2.24 bits per heavy atom. The van der Waals surface area contributed by atoms with Crippen LogP contribution in [0.4, 0.5) is 5.82 Å². The van der Waals surface area contributed by atoms with Crippen molar-refractivity contribution in [3.8, 4) is 0 Å². The third kappa shape index (κ3) is 4.90. The van der Waals surface area contributed by atoms with Gasteiger partial charge >= 0.3 is 0 Å². The maximum Gasteiger partial charge on any atom is 0.189 e. The van der Waals surface area contributed by atoms with Gasteiger partial charge < -0.3 is 20.7 Å². The summed E-state index contributed by atoms with van der Waals surface area (Å²) in [7, 11) is 0. The summed E-state index contributed by atoms with van der Waals surface area (Å²) in [5.74, 6) is 1.46. The smallest absolute Gasteiger partial charge is 0.189 e. The van der Waals surface area contributed by atoms with Crippen LogP contribution >= 0.6 is 0 Å². The molecule has 6 heteroatoms. The monoisotopic (exact) mass is 291 g/mol. The van der Waals surface area contributed by atoms with Crippen molar-refractivity contribution in [2.24, 2.45) is 10.7 Å². The fourth-order valence-electron chi connectivity index (χ4n) is 2.09. The summed E-state index contributed by atoms with van der Waals surface area (Å²) in [6, 6.07) is 6.35. The first-order chi connectivity index (χ1) is 10.2. The predicted octanol–water partition coefficient (Wildman–Crippen LogP) is 1.12. The average molecular weight is 291 g/mol. The lowest BCUT2D eigenvalue weighted by atomic mass is 10.3. The molecule has 6 nitrogen and oxygen atoms in total. The van der Waals surface area contributed by atoms with Crippen molar-refractivity contribution in [1.29, 1.82) is 0 Å². The van der Waals surface area contributed by atoms with Crippen molar-refractivity contribution >= 4 is 11.8 Å². The van der Waals surface area contributed by atoms with Crippen LogP contribution in [0.25, 0.3) is 0 Å². The molecule has 1 atom stereocenters. The van der Waals surface area contributed by atoms with Gasteiger partial charge in [-0.15, -0.1) is 0 Å². The van der Waals surface area contributed by atoms with E-state index >= 15 is 0 Å². The topological polar surface area (TPSA) is 75.8 Å². The highest BCUT2D eigenvalue weighted by Crippen LogP contribution is 2.13. The van der Waals surface area contributed by atoms with E-state index in [0.29, 0.717) is 18.5 Å². The maximum atomic E-state index is 5.86. The van der Waals surface area contributed by atoms with Gasteiger partial charge in [-0.2, -0.15) is 0 Å². The van der Waals surface area contributed by atoms with Gasteiger partial charge in [-0.25, -0.2) is 9.98 Å². The molecule has 21 heavy (non-hydrogen) atoms. The molecule has 1 aromatic heterocycles. The van der Waals surface area contributed by atoms with E-state index in [-0.39, 0.29) is 0 Å². The van der Waals surface area contributed by atoms with Gasteiger partial charge in [0.15, 0.2) is 5.96 Å². The lowest BCUT2D eigenvalue weighted by molar-refractivity contribution is 0.122. The first kappa shape index (κ1) is 15.6. The molecule has 0 bridgehead atoms. The standard InChI is InChI=1S/C15H25N5O/c1-3-12(2)18-15(16)17-11-13-5-4-6-14(19-13)20-7-9-21-10-8-20/h4-6,12H,3,7-11H2,1-2H3,(H3,16,17,18). The van der Waals surface area contributed by atoms with E-state index in [1.807, 2.05) is 18.2 Å². The molecule has 1 saturated heterocycles. The Kier molecular flexibility index (Phi) is 5.80. The van der Waals surface area contributed by atoms with Crippen molar-refractivity contribution in [3.63, 3.8) is 0 Å². The van der Waals surface area contributed by atoms with Gasteiger partial charge in [0, 0.05) is 19.1 Å². The SMILES string of the molecule is CCC(C)NC(N)=NCc1cccc(N2CCOCC2)n1. The van der Waals surface area contributed by atoms with Crippen LogP contribution in [-0.2, 0) is 11.3 Å². The second kappa shape index (κ2) is 7.83. The number of aromatic nitrogens is 1. The molecule has 0 saturated carbocycles. The summed E-state index contributed by atoms with van der Waals surface area (Å²) in [6.07, 6.45) is 1.01. The van der Waals surface area contributed by atoms with Crippen LogP contribution in [0.3, 0.4) is 0 Å². The van der Waals surface area contributed by atoms with E-state index in [9.17, 15) is 0 Å². The van der Waals surface area contributed by atoms with Gasteiger partial charge in [0.2, 0.25) is 0 Å². The van der Waals surface area contributed by atoms with E-state index in [4.69, 9.17) is 10.5 Å². The Hall–Kier alpha value is -1.82. The Morgan fingerprint density at radius 1 is 1.48 bits per heavy atom. The average Bonchev–Trinajstić information content (AvgIpc) is 2.54. The Labute approximate surface area is 126 Å². The van der Waals surface area contributed by atoms with E-state index < -0.39 is 0 Å². The number of guanidine groups is 1. The van der Waals surface area contributed by atoms with Gasteiger partial charge in [-0.1, -0.05) is 13.0 Å². The van der Waals surface area contributed by atoms with Gasteiger partial charge in [0.05, 0.1) is 25.5 Å². The number of nitrogens with zero attached hydrogens (tertiary/aromatic N) is 3. The molecule has 0 amide bonds. The highest BCUT2D eigenvalue weighted by molar-refractivity contribution is 5.78. The molecule has 2 rings (SSSR count). The van der Waals surface area contributed by atoms with Crippen molar-refractivity contribution < 1.29 is 4.74 Å². The van der Waals surface area contributed by atoms with Gasteiger partial charge in [-0.05, 0) is 25.5 Å². The number of hydrogen-bond acceptors (Lipinski definition) is 4. The molecule has 1 unspecified atom stereocenters. The van der Waals surface area contributed by atoms with E-state index in [2.05, 4.69) is 34.0 Å². The maximum absolute atomic E-state index is 5.86. The normalized spacial score (nSPS) is 17.6. The molecule has 116 valence electrons. The van der Waals surface area contributed by atoms with Crippen molar-refractivity contribution in [2.45, 2.75) is 32.9 Å². The molecule has 1 aliphatic heterocycles. The fraction of sp³-hybridized carbons (Fsp3) is 0.600. The van der Waals surface area contributed by atoms with Crippen LogP contribution in [0, 0.1) is 0 Å². The number of pyridine rings is 1. The summed E-state index contributed by atoms with van der Waals surface area (Å²) in [5.41, 5.74) is 6.79. The number of rotatable bonds is 5. The Bertz CT molecular complexity index is 471. The van der Waals surface area contributed by atoms with Gasteiger partial charge in [0.25, 0.3) is 0 Å². The minimum absolute atomic E-state index is 0.335. The molecular weight excluding hydrogens is 266 g/mol. The number of morpholine rings is 1. The largest absolute Gasteiger partial charge is 0.378 e. The predicted molar refractivity (Wildman–Crippen MR) is 85.5 cm³/mol. The van der Waals surface area contributed by atoms with Crippen LogP contribution in [-0.4, -0.2) is 43.3 Å². The van der Waals surface area contributed by atoms with E-state index in [1.165, 1.54) is 0 Å². The number of nitrogens with two attached hydrogens (primary N) is 1. The second-order valence-electron chi connectivity index (χ2n) is 5.24. The number of hydrogen-bond donors (Lipinski definition) is 2. The van der Waals surface area contributed by atoms with Gasteiger partial charge in [0.1, 0.15) is 5.82 Å². The zero-order valence-corrected chi connectivity index (χ0v) is 12.9. The number of nitrogens with one attached hydrogen (secondary N) is 1. The molecule has 0 radical (unpaired) electrons. The molecule has 1 fully saturated rings. The Morgan fingerprint density at radius 3 is 2.95 bits per heavy atom. The third-order valence-electron chi connectivity index (χ3n) is 3.55. The van der Waals surface area contributed by atoms with E-state index in [1.54, 1.807) is 0 Å². The molecule has 2 heterocycles. The van der Waals surface area contributed by atoms with Crippen LogP contribution in [0.5, 0.6) is 0 Å². The Balaban J connectivity index is 1.95. The molecule has 0 aliphatic carbocycles. The first-order valence-electron chi connectivity index (χ1n) is 7.54. The summed E-state index contributed by atoms with van der Waals surface area (Å²) < 4.78 is 5.36. The third-order valence-corrected chi connectivity index (χ3v) is 3.55. The highest BCUT2D eigenvalue weighted by atomic mass is 16.5. The molecule has 1 aromatic rings. The lowest BCUT2D eigenvalue weighted by Gasteiger charge is -2.27. The van der Waals surface area contributed by atoms with E-state index in [0.717, 1.165) is 44.2 Å². The summed E-state index contributed by atoms with van der Waals surface area (Å²) in [5, 5.41) is 3.15. The highest BCUT2D eigenvalue weighted by Gasteiger charge is 2.12. The molecule has 1 aliphatic rings. The first-order valence-corrected chi connectivity index (χ1v) is 7.54. The van der Waals surface area contributed by atoms with Crippen LogP contribution in [0.15, 0.2) is 23.2 Å². The van der Waals surface area contributed by atoms with Crippen molar-refractivity contribution in [2.75, 3.05) is 31.2 Å². The number of anilines is 1.